The van der Waals surface area contributed by atoms with E-state index in [1.807, 2.05) is 49.5 Å². The number of rotatable bonds is 4. The van der Waals surface area contributed by atoms with Gasteiger partial charge in [-0.2, -0.15) is 9.40 Å². The lowest BCUT2D eigenvalue weighted by atomic mass is 9.92. The summed E-state index contributed by atoms with van der Waals surface area (Å²) in [6, 6.07) is 15.1. The molecule has 9 heteroatoms. The Kier molecular flexibility index (Phi) is 5.11. The Bertz CT molecular complexity index is 1470. The summed E-state index contributed by atoms with van der Waals surface area (Å²) in [6.07, 6.45) is 4.81. The zero-order valence-corrected chi connectivity index (χ0v) is 19.8. The van der Waals surface area contributed by atoms with Crippen molar-refractivity contribution in [1.82, 2.24) is 24.3 Å². The van der Waals surface area contributed by atoms with Crippen molar-refractivity contribution in [2.45, 2.75) is 43.5 Å². The average molecular weight is 476 g/mol. The van der Waals surface area contributed by atoms with Crippen molar-refractivity contribution in [2.75, 3.05) is 6.54 Å². The first-order chi connectivity index (χ1) is 16.5. The number of aromatic nitrogens is 4. The van der Waals surface area contributed by atoms with Gasteiger partial charge in [0.2, 0.25) is 15.9 Å². The van der Waals surface area contributed by atoms with Crippen LogP contribution >= 0.6 is 0 Å². The Morgan fingerprint density at radius 3 is 2.50 bits per heavy atom. The fraction of sp³-hybridized carbons (Fsp3) is 0.320. The van der Waals surface area contributed by atoms with Gasteiger partial charge in [0, 0.05) is 43.4 Å². The first-order valence-corrected chi connectivity index (χ1v) is 13.0. The van der Waals surface area contributed by atoms with Crippen LogP contribution in [0.5, 0.6) is 0 Å². The third kappa shape index (κ3) is 3.56. The molecule has 0 N–H and O–H groups in total. The summed E-state index contributed by atoms with van der Waals surface area (Å²) in [5.74, 6) is 0.702. The van der Waals surface area contributed by atoms with Gasteiger partial charge in [0.25, 0.3) is 5.89 Å². The molecule has 2 aromatic heterocycles. The Hall–Kier alpha value is -3.30. The molecule has 0 unspecified atom stereocenters. The van der Waals surface area contributed by atoms with Crippen molar-refractivity contribution in [3.8, 4) is 23.0 Å². The van der Waals surface area contributed by atoms with Gasteiger partial charge in [0.05, 0.1) is 4.90 Å². The molecular weight excluding hydrogens is 450 g/mol. The molecule has 0 amide bonds. The van der Waals surface area contributed by atoms with E-state index in [1.54, 1.807) is 15.1 Å². The summed E-state index contributed by atoms with van der Waals surface area (Å²) in [4.78, 5) is 0.367. The van der Waals surface area contributed by atoms with Crippen LogP contribution in [-0.4, -0.2) is 39.2 Å². The summed E-state index contributed by atoms with van der Waals surface area (Å²) < 4.78 is 36.4. The number of aryl methyl sites for hydroxylation is 3. The number of sulfonamides is 1. The number of benzene rings is 2. The van der Waals surface area contributed by atoms with E-state index >= 15 is 0 Å². The summed E-state index contributed by atoms with van der Waals surface area (Å²) >= 11 is 0. The quantitative estimate of drug-likeness (QED) is 0.446. The van der Waals surface area contributed by atoms with Crippen molar-refractivity contribution >= 4 is 10.0 Å². The Morgan fingerprint density at radius 1 is 0.912 bits per heavy atom. The molecule has 0 saturated carbocycles. The van der Waals surface area contributed by atoms with Gasteiger partial charge in [0.1, 0.15) is 0 Å². The molecular formula is C25H25N5O3S. The van der Waals surface area contributed by atoms with Crippen LogP contribution in [0.4, 0.5) is 0 Å². The molecule has 0 saturated heterocycles. The van der Waals surface area contributed by atoms with Gasteiger partial charge in [-0.25, -0.2) is 8.42 Å². The zero-order chi connectivity index (χ0) is 23.3. The van der Waals surface area contributed by atoms with Crippen LogP contribution in [0.2, 0.25) is 0 Å². The molecule has 6 rings (SSSR count). The highest BCUT2D eigenvalue weighted by molar-refractivity contribution is 7.89. The maximum atomic E-state index is 13.6. The van der Waals surface area contributed by atoms with E-state index in [2.05, 4.69) is 15.3 Å². The lowest BCUT2D eigenvalue weighted by Gasteiger charge is -2.27. The van der Waals surface area contributed by atoms with Gasteiger partial charge < -0.3 is 4.42 Å². The summed E-state index contributed by atoms with van der Waals surface area (Å²) in [5, 5.41) is 13.0. The van der Waals surface area contributed by atoms with E-state index in [4.69, 9.17) is 4.42 Å². The van der Waals surface area contributed by atoms with Crippen LogP contribution in [0.15, 0.2) is 57.8 Å². The van der Waals surface area contributed by atoms with Gasteiger partial charge in [-0.05, 0) is 61.1 Å². The first kappa shape index (κ1) is 21.2. The molecule has 8 nitrogen and oxygen atoms in total. The second kappa shape index (κ2) is 8.18. The zero-order valence-electron chi connectivity index (χ0n) is 18.9. The van der Waals surface area contributed by atoms with Crippen molar-refractivity contribution in [2.24, 2.45) is 7.05 Å². The lowest BCUT2D eigenvalue weighted by Crippen LogP contribution is -2.36. The molecule has 34 heavy (non-hydrogen) atoms. The molecule has 4 aromatic rings. The molecule has 2 aromatic carbocycles. The van der Waals surface area contributed by atoms with Crippen molar-refractivity contribution in [3.63, 3.8) is 0 Å². The molecule has 0 radical (unpaired) electrons. The van der Waals surface area contributed by atoms with Crippen molar-refractivity contribution in [1.29, 1.82) is 0 Å². The van der Waals surface area contributed by atoms with Crippen LogP contribution in [-0.2, 0) is 42.9 Å². The lowest BCUT2D eigenvalue weighted by molar-refractivity contribution is 0.386. The smallest absolute Gasteiger partial charge is 0.268 e. The standard InChI is InChI=1S/C25H25N5O3S/c1-29-22-13-14-30(34(31,32)20-12-11-17-7-5-6-10-19(17)15-20)16-21(22)23(28-29)25-27-26-24(33-25)18-8-3-2-4-9-18/h2-4,8-9,11-12,15H,5-7,10,13-14,16H2,1H3. The fourth-order valence-electron chi connectivity index (χ4n) is 4.98. The fourth-order valence-corrected chi connectivity index (χ4v) is 6.44. The number of nitrogens with zero attached hydrogens (tertiary/aromatic N) is 5. The Labute approximate surface area is 198 Å². The second-order valence-electron chi connectivity index (χ2n) is 8.90. The number of fused-ring (bicyclic) bond motifs is 2. The highest BCUT2D eigenvalue weighted by Crippen LogP contribution is 2.33. The van der Waals surface area contributed by atoms with Gasteiger partial charge in [0.15, 0.2) is 5.69 Å². The summed E-state index contributed by atoms with van der Waals surface area (Å²) in [7, 11) is -1.77. The molecule has 1 aliphatic carbocycles. The van der Waals surface area contributed by atoms with Crippen LogP contribution in [0.25, 0.3) is 23.0 Å². The molecule has 2 aliphatic rings. The molecule has 174 valence electrons. The van der Waals surface area contributed by atoms with Crippen LogP contribution < -0.4 is 0 Å². The molecule has 3 heterocycles. The second-order valence-corrected chi connectivity index (χ2v) is 10.8. The van der Waals surface area contributed by atoms with Crippen molar-refractivity contribution in [3.05, 3.63) is 70.9 Å². The van der Waals surface area contributed by atoms with E-state index < -0.39 is 10.0 Å². The van der Waals surface area contributed by atoms with Crippen LogP contribution in [0.1, 0.15) is 35.2 Å². The highest BCUT2D eigenvalue weighted by atomic mass is 32.2. The molecule has 0 bridgehead atoms. The third-order valence-electron chi connectivity index (χ3n) is 6.81. The number of hydrogen-bond donors (Lipinski definition) is 0. The third-order valence-corrected chi connectivity index (χ3v) is 8.65. The van der Waals surface area contributed by atoms with E-state index in [-0.39, 0.29) is 6.54 Å². The maximum Gasteiger partial charge on any atom is 0.268 e. The Morgan fingerprint density at radius 2 is 1.68 bits per heavy atom. The molecule has 0 atom stereocenters. The van der Waals surface area contributed by atoms with Crippen molar-refractivity contribution < 1.29 is 12.8 Å². The maximum absolute atomic E-state index is 13.6. The minimum Gasteiger partial charge on any atom is -0.415 e. The predicted octanol–water partition coefficient (Wildman–Crippen LogP) is 3.76. The molecule has 0 fully saturated rings. The Balaban J connectivity index is 1.33. The van der Waals surface area contributed by atoms with E-state index in [0.717, 1.165) is 41.6 Å². The topological polar surface area (TPSA) is 94.1 Å². The summed E-state index contributed by atoms with van der Waals surface area (Å²) in [6.45, 7) is 0.630. The normalized spacial score (nSPS) is 16.3. The van der Waals surface area contributed by atoms with Gasteiger partial charge in [-0.3, -0.25) is 4.68 Å². The monoisotopic (exact) mass is 475 g/mol. The van der Waals surface area contributed by atoms with Gasteiger partial charge in [-0.1, -0.05) is 24.3 Å². The minimum atomic E-state index is -3.64. The first-order valence-electron chi connectivity index (χ1n) is 11.6. The van der Waals surface area contributed by atoms with E-state index in [1.165, 1.54) is 12.0 Å². The highest BCUT2D eigenvalue weighted by Gasteiger charge is 2.34. The SMILES string of the molecule is Cn1nc(-c2nnc(-c3ccccc3)o2)c2c1CCN(S(=O)(=O)c1ccc3c(c1)CCCC3)C2. The predicted molar refractivity (Wildman–Crippen MR) is 126 cm³/mol. The van der Waals surface area contributed by atoms with Gasteiger partial charge in [-0.15, -0.1) is 10.2 Å². The largest absolute Gasteiger partial charge is 0.415 e. The van der Waals surface area contributed by atoms with E-state index in [9.17, 15) is 8.42 Å². The molecule has 0 spiro atoms. The minimum absolute atomic E-state index is 0.223. The average Bonchev–Trinajstić information content (AvgIpc) is 3.49. The molecule has 1 aliphatic heterocycles. The van der Waals surface area contributed by atoms with Gasteiger partial charge >= 0.3 is 0 Å². The van der Waals surface area contributed by atoms with Crippen LogP contribution in [0.3, 0.4) is 0 Å². The number of hydrogen-bond acceptors (Lipinski definition) is 6. The van der Waals surface area contributed by atoms with E-state index in [0.29, 0.717) is 35.3 Å². The van der Waals surface area contributed by atoms with Crippen LogP contribution in [0, 0.1) is 0 Å². The summed E-state index contributed by atoms with van der Waals surface area (Å²) in [5.41, 5.74) is 5.60.